The zero-order valence-corrected chi connectivity index (χ0v) is 22.0. The van der Waals surface area contributed by atoms with Crippen molar-refractivity contribution in [1.82, 2.24) is 14.6 Å². The molecule has 1 aromatic heterocycles. The van der Waals surface area contributed by atoms with Crippen molar-refractivity contribution in [2.24, 2.45) is 11.3 Å². The lowest BCUT2D eigenvalue weighted by atomic mass is 9.81. The number of nitrogen functional groups attached to an aromatic ring is 1. The lowest BCUT2D eigenvalue weighted by Crippen LogP contribution is -2.42. The summed E-state index contributed by atoms with van der Waals surface area (Å²) < 4.78 is 38.0. The number of aromatic nitrogens is 2. The summed E-state index contributed by atoms with van der Waals surface area (Å²) in [5, 5.41) is 12.9. The zero-order valence-electron chi connectivity index (χ0n) is 21.1. The van der Waals surface area contributed by atoms with Crippen molar-refractivity contribution < 1.29 is 33.0 Å². The summed E-state index contributed by atoms with van der Waals surface area (Å²) in [5.74, 6) is -0.411. The fourth-order valence-corrected chi connectivity index (χ4v) is 6.17. The first kappa shape index (κ1) is 27.3. The van der Waals surface area contributed by atoms with Gasteiger partial charge in [0.1, 0.15) is 17.6 Å². The van der Waals surface area contributed by atoms with E-state index in [0.717, 1.165) is 0 Å². The minimum Gasteiger partial charge on any atom is -0.462 e. The highest BCUT2D eigenvalue weighted by atomic mass is 31.2. The SMILES string of the molecule is CC(C)OC(=O)[C@H](C)NP(=O)(OC[C@H]1OC2C([C@@H]2n2ccc(N)nc2=O)C1(C)CO)Oc1ccccc1. The van der Waals surface area contributed by atoms with Crippen molar-refractivity contribution in [1.29, 1.82) is 0 Å². The average Bonchev–Trinajstić information content (AvgIpc) is 3.47. The number of nitrogens with zero attached hydrogens (tertiary/aromatic N) is 2. The minimum atomic E-state index is -4.10. The van der Waals surface area contributed by atoms with Gasteiger partial charge in [-0.2, -0.15) is 10.1 Å². The van der Waals surface area contributed by atoms with Crippen LogP contribution in [-0.2, 0) is 23.4 Å². The van der Waals surface area contributed by atoms with Crippen LogP contribution in [0.1, 0.15) is 33.7 Å². The van der Waals surface area contributed by atoms with E-state index in [1.807, 2.05) is 6.92 Å². The van der Waals surface area contributed by atoms with Crippen molar-refractivity contribution in [2.45, 2.75) is 58.1 Å². The number of esters is 1. The number of hydrogen-bond donors (Lipinski definition) is 3. The third-order valence-corrected chi connectivity index (χ3v) is 8.31. The number of ether oxygens (including phenoxy) is 2. The van der Waals surface area contributed by atoms with Crippen LogP contribution >= 0.6 is 7.75 Å². The maximum atomic E-state index is 13.7. The maximum absolute atomic E-state index is 13.7. The number of rotatable bonds is 11. The van der Waals surface area contributed by atoms with Gasteiger partial charge in [0.2, 0.25) is 0 Å². The Morgan fingerprint density at radius 1 is 1.30 bits per heavy atom. The van der Waals surface area contributed by atoms with Crippen molar-refractivity contribution >= 4 is 19.5 Å². The van der Waals surface area contributed by atoms with Crippen LogP contribution in [-0.4, -0.2) is 58.2 Å². The monoisotopic (exact) mass is 536 g/mol. The van der Waals surface area contributed by atoms with Crippen molar-refractivity contribution in [3.05, 3.63) is 53.1 Å². The van der Waals surface area contributed by atoms with Gasteiger partial charge in [0.15, 0.2) is 0 Å². The molecule has 2 aliphatic rings. The number of aliphatic hydroxyl groups is 1. The van der Waals surface area contributed by atoms with Gasteiger partial charge in [0, 0.05) is 17.5 Å². The number of nitrogens with two attached hydrogens (primary N) is 1. The van der Waals surface area contributed by atoms with Gasteiger partial charge in [-0.1, -0.05) is 25.1 Å². The molecule has 1 saturated heterocycles. The second-order valence-electron chi connectivity index (χ2n) is 9.85. The molecular weight excluding hydrogens is 503 g/mol. The number of carbonyl (C=O) groups is 1. The summed E-state index contributed by atoms with van der Waals surface area (Å²) in [6.07, 6.45) is 0.182. The predicted molar refractivity (Wildman–Crippen MR) is 134 cm³/mol. The molecular formula is C24H33N4O8P. The van der Waals surface area contributed by atoms with E-state index < -0.39 is 37.0 Å². The molecule has 1 aliphatic carbocycles. The summed E-state index contributed by atoms with van der Waals surface area (Å²) in [4.78, 5) is 28.4. The van der Waals surface area contributed by atoms with Gasteiger partial charge in [0.05, 0.1) is 37.6 Å². The fraction of sp³-hybridized carbons (Fsp3) is 0.542. The first-order valence-electron chi connectivity index (χ1n) is 12.1. The number of para-hydroxylation sites is 1. The van der Waals surface area contributed by atoms with E-state index in [-0.39, 0.29) is 48.9 Å². The summed E-state index contributed by atoms with van der Waals surface area (Å²) in [7, 11) is -4.10. The molecule has 4 N–H and O–H groups in total. The van der Waals surface area contributed by atoms with Crippen LogP contribution in [0.3, 0.4) is 0 Å². The van der Waals surface area contributed by atoms with Crippen molar-refractivity contribution in [3.8, 4) is 5.75 Å². The van der Waals surface area contributed by atoms with Gasteiger partial charge in [0.25, 0.3) is 0 Å². The van der Waals surface area contributed by atoms with Gasteiger partial charge in [-0.25, -0.2) is 9.36 Å². The maximum Gasteiger partial charge on any atom is 0.459 e. The van der Waals surface area contributed by atoms with Crippen molar-refractivity contribution in [3.63, 3.8) is 0 Å². The number of nitrogens with one attached hydrogen (secondary N) is 1. The smallest absolute Gasteiger partial charge is 0.459 e. The molecule has 2 aromatic rings. The number of benzene rings is 1. The van der Waals surface area contributed by atoms with Crippen LogP contribution in [0.2, 0.25) is 0 Å². The van der Waals surface area contributed by atoms with Gasteiger partial charge in [-0.05, 0) is 39.0 Å². The second-order valence-corrected chi connectivity index (χ2v) is 11.5. The molecule has 0 bridgehead atoms. The summed E-state index contributed by atoms with van der Waals surface area (Å²) in [6, 6.07) is 8.63. The first-order valence-corrected chi connectivity index (χ1v) is 13.6. The molecule has 1 aromatic carbocycles. The lowest BCUT2D eigenvalue weighted by Gasteiger charge is -2.33. The molecule has 4 rings (SSSR count). The largest absolute Gasteiger partial charge is 0.462 e. The van der Waals surface area contributed by atoms with E-state index in [9.17, 15) is 19.3 Å². The van der Waals surface area contributed by atoms with Crippen LogP contribution in [0, 0.1) is 11.3 Å². The Kier molecular flexibility index (Phi) is 7.77. The van der Waals surface area contributed by atoms with Crippen LogP contribution < -0.4 is 21.0 Å². The molecule has 202 valence electrons. The Labute approximate surface area is 214 Å². The third-order valence-electron chi connectivity index (χ3n) is 6.67. The predicted octanol–water partition coefficient (Wildman–Crippen LogP) is 1.90. The highest BCUT2D eigenvalue weighted by molar-refractivity contribution is 7.52. The van der Waals surface area contributed by atoms with Gasteiger partial charge >= 0.3 is 19.4 Å². The van der Waals surface area contributed by atoms with Gasteiger partial charge < -0.3 is 24.8 Å². The molecule has 12 nitrogen and oxygen atoms in total. The number of carbonyl (C=O) groups excluding carboxylic acids is 1. The van der Waals surface area contributed by atoms with Gasteiger partial charge in [-0.3, -0.25) is 13.9 Å². The number of anilines is 1. The molecule has 0 radical (unpaired) electrons. The summed E-state index contributed by atoms with van der Waals surface area (Å²) >= 11 is 0. The molecule has 2 fully saturated rings. The van der Waals surface area contributed by atoms with E-state index in [2.05, 4.69) is 10.1 Å². The molecule has 0 amide bonds. The second kappa shape index (κ2) is 10.5. The molecule has 7 atom stereocenters. The van der Waals surface area contributed by atoms with Crippen LogP contribution in [0.5, 0.6) is 5.75 Å². The van der Waals surface area contributed by atoms with E-state index in [1.165, 1.54) is 17.6 Å². The first-order chi connectivity index (χ1) is 17.5. The minimum absolute atomic E-state index is 0.123. The van der Waals surface area contributed by atoms with E-state index >= 15 is 0 Å². The number of aliphatic hydroxyl groups excluding tert-OH is 1. The normalized spacial score (nSPS) is 28.8. The molecule has 4 unspecified atom stereocenters. The van der Waals surface area contributed by atoms with E-state index in [0.29, 0.717) is 0 Å². The van der Waals surface area contributed by atoms with Crippen LogP contribution in [0.15, 0.2) is 47.4 Å². The Hall–Kier alpha value is -2.76. The highest BCUT2D eigenvalue weighted by Crippen LogP contribution is 2.64. The van der Waals surface area contributed by atoms with Crippen LogP contribution in [0.25, 0.3) is 0 Å². The molecule has 1 saturated carbocycles. The summed E-state index contributed by atoms with van der Waals surface area (Å²) in [5.41, 5.74) is 4.29. The van der Waals surface area contributed by atoms with E-state index in [1.54, 1.807) is 50.4 Å². The Bertz CT molecular complexity index is 1220. The van der Waals surface area contributed by atoms with Gasteiger partial charge in [-0.15, -0.1) is 0 Å². The summed E-state index contributed by atoms with van der Waals surface area (Å²) in [6.45, 7) is 6.28. The Morgan fingerprint density at radius 2 is 2.00 bits per heavy atom. The molecule has 13 heteroatoms. The molecule has 1 aliphatic heterocycles. The number of hydrogen-bond acceptors (Lipinski definition) is 10. The fourth-order valence-electron chi connectivity index (χ4n) is 4.68. The molecule has 37 heavy (non-hydrogen) atoms. The third kappa shape index (κ3) is 5.73. The zero-order chi connectivity index (χ0) is 27.0. The average molecular weight is 537 g/mol. The van der Waals surface area contributed by atoms with Crippen molar-refractivity contribution in [2.75, 3.05) is 18.9 Å². The van der Waals surface area contributed by atoms with Crippen LogP contribution in [0.4, 0.5) is 5.82 Å². The van der Waals surface area contributed by atoms with E-state index in [4.69, 9.17) is 24.3 Å². The topological polar surface area (TPSA) is 164 Å². The number of fused-ring (bicyclic) bond motifs is 1. The highest BCUT2D eigenvalue weighted by Gasteiger charge is 2.70. The Morgan fingerprint density at radius 3 is 2.62 bits per heavy atom. The molecule has 2 heterocycles. The standard InChI is InChI=1S/C24H33N4O8P/c1-14(2)34-22(30)15(3)27-37(32,36-16-8-6-5-7-9-16)33-12-17-24(4,13-29)19-20(21(19)35-17)28-11-10-18(25)26-23(28)31/h5-11,14-15,17,19-21,29H,12-13H2,1-4H3,(H,27,32)(H2,25,26,31)/t15-,17+,19?,20-,21?,24?,37?/m0/s1. The Balaban J connectivity index is 1.48. The molecule has 0 spiro atoms. The quantitative estimate of drug-likeness (QED) is 0.284. The lowest BCUT2D eigenvalue weighted by molar-refractivity contribution is -0.149.